The number of hydrogen-bond acceptors (Lipinski definition) is 7. The van der Waals surface area contributed by atoms with Crippen molar-refractivity contribution in [2.24, 2.45) is 34.5 Å². The molecular weight excluding hydrogens is 660 g/mol. The van der Waals surface area contributed by atoms with E-state index in [4.69, 9.17) is 0 Å². The average molecular weight is 719 g/mol. The molecule has 0 aromatic heterocycles. The number of piperidine rings is 1. The van der Waals surface area contributed by atoms with E-state index in [0.717, 1.165) is 44.9 Å². The molecule has 0 radical (unpaired) electrons. The van der Waals surface area contributed by atoms with Crippen LogP contribution in [0.2, 0.25) is 0 Å². The largest absolute Gasteiger partial charge is 0.346 e. The lowest BCUT2D eigenvalue weighted by Gasteiger charge is -2.38. The molecule has 2 aliphatic heterocycles. The smallest absolute Gasteiger partial charge is 0.315 e. The fourth-order valence-electron chi connectivity index (χ4n) is 8.40. The van der Waals surface area contributed by atoms with Crippen LogP contribution in [0.25, 0.3) is 0 Å². The van der Waals surface area contributed by atoms with E-state index in [9.17, 15) is 32.4 Å². The van der Waals surface area contributed by atoms with Gasteiger partial charge in [-0.25, -0.2) is 13.2 Å². The van der Waals surface area contributed by atoms with E-state index >= 15 is 0 Å². The summed E-state index contributed by atoms with van der Waals surface area (Å²) < 4.78 is 26.6. The lowest BCUT2D eigenvalue weighted by Crippen LogP contribution is -2.61. The third-order valence-corrected chi connectivity index (χ3v) is 13.8. The second-order valence-electron chi connectivity index (χ2n) is 16.9. The van der Waals surface area contributed by atoms with Gasteiger partial charge in [0.05, 0.1) is 11.8 Å². The van der Waals surface area contributed by atoms with Crippen LogP contribution in [0.15, 0.2) is 12.7 Å². The van der Waals surface area contributed by atoms with E-state index in [1.807, 2.05) is 20.8 Å². The highest BCUT2D eigenvalue weighted by atomic mass is 32.2. The number of Topliss-reactive ketones (excluding diaryl/α,β-unsaturated/α-hetero) is 1. The summed E-state index contributed by atoms with van der Waals surface area (Å²) in [5, 5.41) is 11.4. The Balaban J connectivity index is 1.34. The van der Waals surface area contributed by atoms with Gasteiger partial charge in [-0.3, -0.25) is 19.2 Å². The zero-order valence-electron chi connectivity index (χ0n) is 30.5. The van der Waals surface area contributed by atoms with Gasteiger partial charge >= 0.3 is 6.03 Å². The molecule has 0 aromatic carbocycles. The van der Waals surface area contributed by atoms with Crippen LogP contribution in [-0.4, -0.2) is 103 Å². The Kier molecular flexibility index (Phi) is 11.4. The Bertz CT molecular complexity index is 1450. The highest BCUT2D eigenvalue weighted by Gasteiger charge is 2.69. The van der Waals surface area contributed by atoms with Crippen molar-refractivity contribution in [3.63, 3.8) is 0 Å². The van der Waals surface area contributed by atoms with Crippen LogP contribution in [0.5, 0.6) is 0 Å². The quantitative estimate of drug-likeness (QED) is 0.158. The minimum absolute atomic E-state index is 0.0872. The Morgan fingerprint density at radius 3 is 2.22 bits per heavy atom. The van der Waals surface area contributed by atoms with Crippen LogP contribution in [0.3, 0.4) is 0 Å². The highest BCUT2D eigenvalue weighted by Crippen LogP contribution is 2.65. The maximum Gasteiger partial charge on any atom is 0.315 e. The molecule has 4 N–H and O–H groups in total. The Morgan fingerprint density at radius 2 is 1.64 bits per heavy atom. The predicted molar refractivity (Wildman–Crippen MR) is 189 cm³/mol. The van der Waals surface area contributed by atoms with Crippen molar-refractivity contribution < 1.29 is 32.4 Å². The fourth-order valence-corrected chi connectivity index (χ4v) is 9.94. The van der Waals surface area contributed by atoms with E-state index in [-0.39, 0.29) is 53.8 Å². The lowest BCUT2D eigenvalue weighted by molar-refractivity contribution is -0.144. The number of hydrogen-bond donors (Lipinski definition) is 4. The van der Waals surface area contributed by atoms with Crippen LogP contribution in [0, 0.1) is 34.5 Å². The SMILES string of the molecule is C=CCNC(=O)C(=O)C(CC1CC1)NC(=O)[C@@H]1[C@@H]2[C@H](CN1C(=O)[C@@H](NC(=O)N[C@H](CN1CCCS1(=O)=O)C(C)(C)C)C1CCCCC1)C2(C)C. The summed E-state index contributed by atoms with van der Waals surface area (Å²) in [5.74, 6) is -2.06. The number of carbonyl (C=O) groups is 5. The Hall–Kier alpha value is -3.00. The second kappa shape index (κ2) is 14.9. The van der Waals surface area contributed by atoms with Gasteiger partial charge in [0.25, 0.3) is 5.91 Å². The molecule has 2 heterocycles. The number of sulfonamides is 1. The zero-order valence-corrected chi connectivity index (χ0v) is 31.3. The summed E-state index contributed by atoms with van der Waals surface area (Å²) in [7, 11) is -3.38. The van der Waals surface area contributed by atoms with Crippen LogP contribution in [-0.2, 0) is 29.2 Å². The maximum atomic E-state index is 14.6. The number of carbonyl (C=O) groups excluding carboxylic acids is 5. The van der Waals surface area contributed by atoms with Crippen molar-refractivity contribution in [1.82, 2.24) is 30.5 Å². The number of nitrogens with one attached hydrogen (secondary N) is 4. The molecule has 1 unspecified atom stereocenters. The van der Waals surface area contributed by atoms with Gasteiger partial charge in [-0.1, -0.05) is 72.8 Å². The molecule has 5 fully saturated rings. The van der Waals surface area contributed by atoms with Crippen LogP contribution < -0.4 is 21.3 Å². The first-order chi connectivity index (χ1) is 23.5. The number of ketones is 1. The molecule has 280 valence electrons. The molecule has 2 saturated heterocycles. The Morgan fingerprint density at radius 1 is 0.960 bits per heavy atom. The molecule has 3 aliphatic carbocycles. The summed E-state index contributed by atoms with van der Waals surface area (Å²) >= 11 is 0. The van der Waals surface area contributed by atoms with E-state index in [2.05, 4.69) is 41.7 Å². The van der Waals surface area contributed by atoms with Crippen LogP contribution in [0.4, 0.5) is 4.79 Å². The molecule has 6 atom stereocenters. The fraction of sp³-hybridized carbons (Fsp3) is 0.806. The number of nitrogens with zero attached hydrogens (tertiary/aromatic N) is 2. The summed E-state index contributed by atoms with van der Waals surface area (Å²) in [4.78, 5) is 70.0. The standard InChI is InChI=1S/C36H58N6O7S/c1-7-16-37-32(45)30(43)25(19-22-14-15-22)38-31(44)29-27-24(36(27,5)6)20-42(29)33(46)28(23-12-9-8-10-13-23)40-34(47)39-26(35(2,3)4)21-41-17-11-18-50(41,48)49/h7,22-29H,1,8-21H2,2-6H3,(H,37,45)(H,38,44)(H2,39,40,47)/t24-,25?,26+,27-,28-,29-/m0/s1. The molecule has 5 rings (SSSR count). The first-order valence-corrected chi connectivity index (χ1v) is 20.1. The molecular formula is C36H58N6O7S. The topological polar surface area (TPSA) is 174 Å². The van der Waals surface area contributed by atoms with Crippen molar-refractivity contribution in [2.75, 3.05) is 31.9 Å². The van der Waals surface area contributed by atoms with Gasteiger partial charge in [-0.2, -0.15) is 4.31 Å². The minimum Gasteiger partial charge on any atom is -0.346 e. The summed E-state index contributed by atoms with van der Waals surface area (Å²) in [5.41, 5.74) is -0.654. The van der Waals surface area contributed by atoms with E-state index in [1.165, 1.54) is 10.4 Å². The monoisotopic (exact) mass is 718 g/mol. The van der Waals surface area contributed by atoms with E-state index in [1.54, 1.807) is 4.90 Å². The third kappa shape index (κ3) is 8.54. The predicted octanol–water partition coefficient (Wildman–Crippen LogP) is 2.32. The van der Waals surface area contributed by atoms with Crippen molar-refractivity contribution in [3.8, 4) is 0 Å². The van der Waals surface area contributed by atoms with Crippen LogP contribution >= 0.6 is 0 Å². The molecule has 0 spiro atoms. The highest BCUT2D eigenvalue weighted by molar-refractivity contribution is 7.89. The molecule has 0 bridgehead atoms. The lowest BCUT2D eigenvalue weighted by atomic mass is 9.83. The summed E-state index contributed by atoms with van der Waals surface area (Å²) in [6, 6.07) is -3.77. The average Bonchev–Trinajstić information content (AvgIpc) is 3.85. The number of amides is 5. The van der Waals surface area contributed by atoms with Gasteiger partial charge in [-0.05, 0) is 60.2 Å². The van der Waals surface area contributed by atoms with Gasteiger partial charge in [0.2, 0.25) is 27.6 Å². The first-order valence-electron chi connectivity index (χ1n) is 18.5. The maximum absolute atomic E-state index is 14.6. The van der Waals surface area contributed by atoms with Crippen LogP contribution in [0.1, 0.15) is 92.4 Å². The van der Waals surface area contributed by atoms with Gasteiger partial charge in [-0.15, -0.1) is 6.58 Å². The molecule has 13 nitrogen and oxygen atoms in total. The molecule has 3 saturated carbocycles. The van der Waals surface area contributed by atoms with Crippen molar-refractivity contribution >= 4 is 39.6 Å². The molecule has 50 heavy (non-hydrogen) atoms. The minimum atomic E-state index is -3.38. The number of rotatable bonds is 14. The summed E-state index contributed by atoms with van der Waals surface area (Å²) in [6.45, 7) is 14.6. The number of urea groups is 1. The second-order valence-corrected chi connectivity index (χ2v) is 19.0. The van der Waals surface area contributed by atoms with Gasteiger partial charge < -0.3 is 26.2 Å². The number of likely N-dealkylation sites (tertiary alicyclic amines) is 1. The third-order valence-electron chi connectivity index (χ3n) is 11.9. The summed E-state index contributed by atoms with van der Waals surface area (Å²) in [6.07, 6.45) is 8.67. The normalized spacial score (nSPS) is 27.7. The molecule has 14 heteroatoms. The van der Waals surface area contributed by atoms with Crippen molar-refractivity contribution in [1.29, 1.82) is 0 Å². The van der Waals surface area contributed by atoms with Crippen molar-refractivity contribution in [3.05, 3.63) is 12.7 Å². The van der Waals surface area contributed by atoms with Gasteiger partial charge in [0.1, 0.15) is 12.1 Å². The molecule has 5 aliphatic rings. The number of fused-ring (bicyclic) bond motifs is 1. The first kappa shape index (κ1) is 38.2. The van der Waals surface area contributed by atoms with Gasteiger partial charge in [0.15, 0.2) is 0 Å². The van der Waals surface area contributed by atoms with E-state index < -0.39 is 63.2 Å². The molecule has 0 aromatic rings. The van der Waals surface area contributed by atoms with E-state index in [0.29, 0.717) is 25.9 Å². The van der Waals surface area contributed by atoms with Gasteiger partial charge in [0, 0.05) is 32.2 Å². The Labute approximate surface area is 297 Å². The van der Waals surface area contributed by atoms with Crippen molar-refractivity contribution in [2.45, 2.75) is 117 Å². The zero-order chi connectivity index (χ0) is 36.6. The molecule has 5 amide bonds.